The summed E-state index contributed by atoms with van der Waals surface area (Å²) in [5.74, 6) is -0.220. The minimum atomic E-state index is -0.220. The zero-order valence-corrected chi connectivity index (χ0v) is 12.5. The number of nitrogens with one attached hydrogen (secondary N) is 1. The third-order valence-electron chi connectivity index (χ3n) is 3.14. The van der Waals surface area contributed by atoms with Crippen LogP contribution in [-0.4, -0.2) is 40.7 Å². The summed E-state index contributed by atoms with van der Waals surface area (Å²) < 4.78 is 3.23. The monoisotopic (exact) mass is 326 g/mol. The highest BCUT2D eigenvalue weighted by molar-refractivity contribution is 7.20. The molecule has 3 aromatic heterocycles. The number of amides is 1. The van der Waals surface area contributed by atoms with E-state index < -0.39 is 0 Å². The maximum absolute atomic E-state index is 12.2. The second-order valence-electron chi connectivity index (χ2n) is 4.72. The Morgan fingerprint density at radius 2 is 2.09 bits per heavy atom. The molecule has 0 aliphatic carbocycles. The van der Waals surface area contributed by atoms with Gasteiger partial charge in [-0.3, -0.25) is 10.1 Å². The Morgan fingerprint density at radius 3 is 2.83 bits per heavy atom. The average Bonchev–Trinajstić information content (AvgIpc) is 3.25. The largest absolute Gasteiger partial charge is 0.296 e. The van der Waals surface area contributed by atoms with E-state index in [1.165, 1.54) is 22.2 Å². The number of carbonyl (C=O) groups is 1. The molecule has 9 nitrogen and oxygen atoms in total. The van der Waals surface area contributed by atoms with Crippen LogP contribution >= 0.6 is 11.3 Å². The van der Waals surface area contributed by atoms with Crippen LogP contribution in [0.4, 0.5) is 5.13 Å². The van der Waals surface area contributed by atoms with Gasteiger partial charge in [-0.05, 0) is 17.7 Å². The summed E-state index contributed by atoms with van der Waals surface area (Å²) in [5.41, 5.74) is 1.59. The topological polar surface area (TPSA) is 103 Å². The van der Waals surface area contributed by atoms with Crippen molar-refractivity contribution in [1.29, 1.82) is 0 Å². The number of fused-ring (bicyclic) bond motifs is 1. The molecule has 1 aromatic carbocycles. The summed E-state index contributed by atoms with van der Waals surface area (Å²) in [6.45, 7) is 0.610. The van der Waals surface area contributed by atoms with Crippen LogP contribution in [0, 0.1) is 0 Å². The second kappa shape index (κ2) is 5.57. The molecule has 4 aromatic rings. The molecule has 0 saturated carbocycles. The van der Waals surface area contributed by atoms with Crippen LogP contribution in [0.1, 0.15) is 15.9 Å². The Labute approximate surface area is 133 Å². The summed E-state index contributed by atoms with van der Waals surface area (Å²) in [5, 5.41) is 22.6. The number of benzene rings is 1. The molecule has 0 aliphatic rings. The molecule has 0 spiro atoms. The first kappa shape index (κ1) is 13.5. The fourth-order valence-electron chi connectivity index (χ4n) is 2.05. The molecule has 10 heteroatoms. The van der Waals surface area contributed by atoms with E-state index in [9.17, 15) is 4.79 Å². The lowest BCUT2D eigenvalue weighted by atomic mass is 10.1. The molecule has 0 radical (unpaired) electrons. The van der Waals surface area contributed by atoms with Gasteiger partial charge in [-0.2, -0.15) is 4.52 Å². The van der Waals surface area contributed by atoms with Crippen molar-refractivity contribution < 1.29 is 4.79 Å². The first-order valence-corrected chi connectivity index (χ1v) is 7.51. The lowest BCUT2D eigenvalue weighted by Gasteiger charge is -2.04. The molecule has 23 heavy (non-hydrogen) atoms. The summed E-state index contributed by atoms with van der Waals surface area (Å²) in [7, 11) is 0. The van der Waals surface area contributed by atoms with Gasteiger partial charge in [0.25, 0.3) is 5.91 Å². The highest BCUT2D eigenvalue weighted by Crippen LogP contribution is 2.17. The quantitative estimate of drug-likeness (QED) is 0.602. The summed E-state index contributed by atoms with van der Waals surface area (Å²) in [4.78, 5) is 12.9. The normalized spacial score (nSPS) is 11.0. The first-order chi connectivity index (χ1) is 11.3. The molecule has 0 aliphatic heterocycles. The van der Waals surface area contributed by atoms with Crippen LogP contribution in [0.3, 0.4) is 0 Å². The maximum Gasteiger partial charge on any atom is 0.257 e. The number of nitrogens with zero attached hydrogens (tertiary/aromatic N) is 7. The molecular weight excluding hydrogens is 316 g/mol. The molecule has 0 unspecified atom stereocenters. The fraction of sp³-hybridized carbons (Fsp3) is 0.0769. The van der Waals surface area contributed by atoms with Crippen molar-refractivity contribution in [3.05, 3.63) is 54.1 Å². The number of rotatable bonds is 4. The molecule has 4 rings (SSSR count). The van der Waals surface area contributed by atoms with E-state index in [0.29, 0.717) is 22.2 Å². The van der Waals surface area contributed by atoms with Crippen LogP contribution < -0.4 is 5.32 Å². The van der Waals surface area contributed by atoms with E-state index in [1.807, 2.05) is 12.1 Å². The lowest BCUT2D eigenvalue weighted by molar-refractivity contribution is 0.102. The number of aromatic nitrogens is 7. The smallest absolute Gasteiger partial charge is 0.257 e. The highest BCUT2D eigenvalue weighted by Gasteiger charge is 2.11. The van der Waals surface area contributed by atoms with Gasteiger partial charge in [0.05, 0.1) is 12.7 Å². The average molecular weight is 326 g/mol. The Kier molecular flexibility index (Phi) is 3.27. The number of hydrogen-bond donors (Lipinski definition) is 1. The van der Waals surface area contributed by atoms with E-state index in [-0.39, 0.29) is 5.91 Å². The third kappa shape index (κ3) is 2.79. The predicted octanol–water partition coefficient (Wildman–Crippen LogP) is 1.08. The van der Waals surface area contributed by atoms with Gasteiger partial charge in [-0.25, -0.2) is 4.68 Å². The molecule has 0 bridgehead atoms. The minimum Gasteiger partial charge on any atom is -0.296 e. The number of anilines is 1. The van der Waals surface area contributed by atoms with Gasteiger partial charge in [-0.1, -0.05) is 28.7 Å². The number of carbonyl (C=O) groups excluding carboxylic acids is 1. The number of hydrogen-bond acceptors (Lipinski definition) is 7. The second-order valence-corrected chi connectivity index (χ2v) is 5.67. The van der Waals surface area contributed by atoms with Crippen molar-refractivity contribution in [3.63, 3.8) is 0 Å². The van der Waals surface area contributed by atoms with E-state index >= 15 is 0 Å². The van der Waals surface area contributed by atoms with Gasteiger partial charge in [-0.15, -0.1) is 20.4 Å². The van der Waals surface area contributed by atoms with Crippen LogP contribution in [0.25, 0.3) is 4.96 Å². The van der Waals surface area contributed by atoms with Crippen molar-refractivity contribution in [1.82, 2.24) is 34.8 Å². The highest BCUT2D eigenvalue weighted by atomic mass is 32.1. The molecule has 0 fully saturated rings. The Morgan fingerprint density at radius 1 is 1.22 bits per heavy atom. The van der Waals surface area contributed by atoms with E-state index in [4.69, 9.17) is 0 Å². The van der Waals surface area contributed by atoms with Gasteiger partial charge in [0.15, 0.2) is 0 Å². The Hall–Kier alpha value is -3.14. The molecule has 3 heterocycles. The first-order valence-electron chi connectivity index (χ1n) is 6.69. The summed E-state index contributed by atoms with van der Waals surface area (Å²) in [6.07, 6.45) is 4.90. The lowest BCUT2D eigenvalue weighted by Crippen LogP contribution is -2.12. The van der Waals surface area contributed by atoms with Gasteiger partial charge < -0.3 is 0 Å². The Balaban J connectivity index is 1.46. The third-order valence-corrected chi connectivity index (χ3v) is 3.97. The standard InChI is InChI=1S/C13H10N8OS/c22-11(16-12-18-21-8-15-17-13(21)23-12)10-3-1-9(2-4-10)7-20-6-5-14-19-20/h1-6,8H,7H2,(H,16,18,22). The van der Waals surface area contributed by atoms with Crippen molar-refractivity contribution in [3.8, 4) is 0 Å². The summed E-state index contributed by atoms with van der Waals surface area (Å²) >= 11 is 1.26. The molecule has 114 valence electrons. The van der Waals surface area contributed by atoms with Crippen molar-refractivity contribution in [2.24, 2.45) is 0 Å². The van der Waals surface area contributed by atoms with E-state index in [0.717, 1.165) is 5.56 Å². The van der Waals surface area contributed by atoms with Crippen LogP contribution in [0.15, 0.2) is 43.0 Å². The maximum atomic E-state index is 12.2. The zero-order chi connectivity index (χ0) is 15.6. The van der Waals surface area contributed by atoms with Gasteiger partial charge in [0.1, 0.15) is 6.33 Å². The predicted molar refractivity (Wildman–Crippen MR) is 82.2 cm³/mol. The molecule has 0 saturated heterocycles. The van der Waals surface area contributed by atoms with Crippen LogP contribution in [0.2, 0.25) is 0 Å². The SMILES string of the molecule is O=C(Nc1nn2cnnc2s1)c1ccc(Cn2ccnn2)cc1. The van der Waals surface area contributed by atoms with Gasteiger partial charge >= 0.3 is 0 Å². The van der Waals surface area contributed by atoms with Crippen LogP contribution in [-0.2, 0) is 6.54 Å². The van der Waals surface area contributed by atoms with Gasteiger partial charge in [0, 0.05) is 11.8 Å². The fourth-order valence-corrected chi connectivity index (χ4v) is 2.76. The Bertz CT molecular complexity index is 912. The minimum absolute atomic E-state index is 0.220. The molecule has 1 amide bonds. The van der Waals surface area contributed by atoms with E-state index in [2.05, 4.69) is 30.9 Å². The molecule has 0 atom stereocenters. The van der Waals surface area contributed by atoms with E-state index in [1.54, 1.807) is 29.2 Å². The van der Waals surface area contributed by atoms with Gasteiger partial charge in [0.2, 0.25) is 10.1 Å². The van der Waals surface area contributed by atoms with Crippen molar-refractivity contribution in [2.75, 3.05) is 5.32 Å². The molecular formula is C13H10N8OS. The van der Waals surface area contributed by atoms with Crippen molar-refractivity contribution in [2.45, 2.75) is 6.54 Å². The molecule has 1 N–H and O–H groups in total. The van der Waals surface area contributed by atoms with Crippen LogP contribution in [0.5, 0.6) is 0 Å². The summed E-state index contributed by atoms with van der Waals surface area (Å²) in [6, 6.07) is 7.30. The zero-order valence-electron chi connectivity index (χ0n) is 11.7. The van der Waals surface area contributed by atoms with Crippen molar-refractivity contribution >= 4 is 27.3 Å².